The minimum Gasteiger partial charge on any atom is -0.478 e. The molecule has 0 fully saturated rings. The SMILES string of the molecule is COC(=O)C1=C(CF)NC(COCCN)=C(C(=O)O)C1c1c(F)ccc(Cl)c1C(F)(F)F.O.O=C(O)C=CC(=O)O. The zero-order valence-corrected chi connectivity index (χ0v) is 21.6. The van der Waals surface area contributed by atoms with Gasteiger partial charge in [0.15, 0.2) is 0 Å². The van der Waals surface area contributed by atoms with Crippen molar-refractivity contribution in [2.75, 3.05) is 33.5 Å². The summed E-state index contributed by atoms with van der Waals surface area (Å²) >= 11 is 5.69. The number of rotatable bonds is 10. The molecule has 0 aromatic heterocycles. The van der Waals surface area contributed by atoms with Crippen molar-refractivity contribution in [3.63, 3.8) is 0 Å². The Morgan fingerprint density at radius 2 is 1.63 bits per heavy atom. The molecule has 2 rings (SSSR count). The van der Waals surface area contributed by atoms with Gasteiger partial charge in [-0.05, 0) is 12.1 Å². The highest BCUT2D eigenvalue weighted by Gasteiger charge is 2.46. The fraction of sp³-hybridized carbons (Fsp3) is 0.304. The number of nitrogens with two attached hydrogens (primary N) is 1. The van der Waals surface area contributed by atoms with Crippen molar-refractivity contribution in [2.45, 2.75) is 12.1 Å². The van der Waals surface area contributed by atoms with Crippen LogP contribution in [-0.4, -0.2) is 78.2 Å². The minimum atomic E-state index is -5.24. The summed E-state index contributed by atoms with van der Waals surface area (Å²) < 4.78 is 79.9. The highest BCUT2D eigenvalue weighted by atomic mass is 35.5. The summed E-state index contributed by atoms with van der Waals surface area (Å²) in [5.41, 5.74) is -0.369. The summed E-state index contributed by atoms with van der Waals surface area (Å²) in [7, 11) is 0.852. The number of halogens is 6. The topological polar surface area (TPSA) is 217 Å². The smallest absolute Gasteiger partial charge is 0.418 e. The quantitative estimate of drug-likeness (QED) is 0.110. The van der Waals surface area contributed by atoms with Crippen LogP contribution in [0.5, 0.6) is 0 Å². The van der Waals surface area contributed by atoms with E-state index in [1.807, 2.05) is 0 Å². The third kappa shape index (κ3) is 9.82. The van der Waals surface area contributed by atoms with Gasteiger partial charge in [0, 0.05) is 24.3 Å². The number of dihydropyridines is 1. The first kappa shape index (κ1) is 36.9. The van der Waals surface area contributed by atoms with Crippen molar-refractivity contribution in [1.29, 1.82) is 0 Å². The largest absolute Gasteiger partial charge is 0.478 e. The second-order valence-corrected chi connectivity index (χ2v) is 7.85. The van der Waals surface area contributed by atoms with Crippen molar-refractivity contribution in [3.05, 3.63) is 68.8 Å². The number of carbonyl (C=O) groups excluding carboxylic acids is 1. The number of allylic oxidation sites excluding steroid dienone is 1. The summed E-state index contributed by atoms with van der Waals surface area (Å²) in [6.45, 7) is -2.02. The molecule has 0 saturated heterocycles. The number of hydrogen-bond acceptors (Lipinski definition) is 8. The van der Waals surface area contributed by atoms with Crippen LogP contribution in [0.1, 0.15) is 17.0 Å². The van der Waals surface area contributed by atoms with Gasteiger partial charge in [-0.25, -0.2) is 28.0 Å². The molecule has 1 aliphatic heterocycles. The van der Waals surface area contributed by atoms with Gasteiger partial charge in [-0.1, -0.05) is 11.6 Å². The lowest BCUT2D eigenvalue weighted by molar-refractivity contribution is -0.140. The fourth-order valence-corrected chi connectivity index (χ4v) is 3.73. The van der Waals surface area contributed by atoms with Crippen LogP contribution in [0.3, 0.4) is 0 Å². The van der Waals surface area contributed by atoms with Crippen LogP contribution >= 0.6 is 11.6 Å². The summed E-state index contributed by atoms with van der Waals surface area (Å²) in [6.07, 6.45) is -4.12. The number of carbonyl (C=O) groups is 4. The highest BCUT2D eigenvalue weighted by molar-refractivity contribution is 6.31. The Labute approximate surface area is 232 Å². The Bertz CT molecular complexity index is 1230. The molecule has 41 heavy (non-hydrogen) atoms. The van der Waals surface area contributed by atoms with E-state index in [2.05, 4.69) is 10.1 Å². The third-order valence-corrected chi connectivity index (χ3v) is 5.20. The van der Waals surface area contributed by atoms with E-state index in [1.54, 1.807) is 0 Å². The van der Waals surface area contributed by atoms with Gasteiger partial charge in [0.1, 0.15) is 12.5 Å². The maximum Gasteiger partial charge on any atom is 0.418 e. The zero-order chi connectivity index (χ0) is 30.8. The molecule has 228 valence electrons. The maximum absolute atomic E-state index is 14.9. The number of hydrogen-bond donors (Lipinski definition) is 5. The predicted molar refractivity (Wildman–Crippen MR) is 130 cm³/mol. The number of benzene rings is 1. The molecule has 1 heterocycles. The van der Waals surface area contributed by atoms with Gasteiger partial charge in [-0.3, -0.25) is 0 Å². The van der Waals surface area contributed by atoms with E-state index < -0.39 is 88.1 Å². The van der Waals surface area contributed by atoms with Crippen molar-refractivity contribution in [3.8, 4) is 0 Å². The predicted octanol–water partition coefficient (Wildman–Crippen LogP) is 1.78. The molecular formula is C23H24ClF5N2O10. The minimum absolute atomic E-state index is 0. The van der Waals surface area contributed by atoms with Crippen LogP contribution in [0.15, 0.2) is 46.8 Å². The normalized spacial score (nSPS) is 15.0. The van der Waals surface area contributed by atoms with Crippen molar-refractivity contribution in [1.82, 2.24) is 5.32 Å². The van der Waals surface area contributed by atoms with Crippen molar-refractivity contribution < 1.29 is 71.4 Å². The molecule has 0 bridgehead atoms. The van der Waals surface area contributed by atoms with E-state index in [1.165, 1.54) is 0 Å². The molecule has 0 aliphatic carbocycles. The number of ether oxygens (including phenoxy) is 2. The Balaban J connectivity index is 0.00000155. The average Bonchev–Trinajstić information content (AvgIpc) is 2.86. The van der Waals surface area contributed by atoms with Crippen LogP contribution in [0.25, 0.3) is 0 Å². The number of methoxy groups -OCH3 is 1. The van der Waals surface area contributed by atoms with Crippen molar-refractivity contribution in [2.24, 2.45) is 5.73 Å². The summed E-state index contributed by atoms with van der Waals surface area (Å²) in [4.78, 5) is 43.6. The molecule has 1 unspecified atom stereocenters. The molecule has 0 radical (unpaired) electrons. The van der Waals surface area contributed by atoms with E-state index in [0.29, 0.717) is 24.3 Å². The van der Waals surface area contributed by atoms with E-state index >= 15 is 0 Å². The lowest BCUT2D eigenvalue weighted by Crippen LogP contribution is -2.36. The third-order valence-electron chi connectivity index (χ3n) is 4.89. The molecule has 0 amide bonds. The molecule has 1 aromatic rings. The molecule has 12 nitrogen and oxygen atoms in total. The van der Waals surface area contributed by atoms with E-state index in [-0.39, 0.29) is 24.3 Å². The number of esters is 1. The molecule has 0 saturated carbocycles. The Hall–Kier alpha value is -4.06. The van der Waals surface area contributed by atoms with Gasteiger partial charge in [-0.2, -0.15) is 13.2 Å². The van der Waals surface area contributed by atoms with Gasteiger partial charge in [-0.15, -0.1) is 0 Å². The zero-order valence-electron chi connectivity index (χ0n) is 20.9. The maximum atomic E-state index is 14.9. The number of alkyl halides is 4. The second-order valence-electron chi connectivity index (χ2n) is 7.44. The monoisotopic (exact) mass is 618 g/mol. The van der Waals surface area contributed by atoms with Crippen LogP contribution in [0, 0.1) is 5.82 Å². The summed E-state index contributed by atoms with van der Waals surface area (Å²) in [5.74, 6) is -9.39. The summed E-state index contributed by atoms with van der Waals surface area (Å²) in [5, 5.41) is 26.8. The van der Waals surface area contributed by atoms with Gasteiger partial charge in [0.25, 0.3) is 0 Å². The average molecular weight is 619 g/mol. The first-order chi connectivity index (χ1) is 18.6. The van der Waals surface area contributed by atoms with Crippen LogP contribution in [0.4, 0.5) is 22.0 Å². The molecule has 1 aliphatic rings. The molecule has 1 atom stereocenters. The Morgan fingerprint density at radius 1 is 1.07 bits per heavy atom. The van der Waals surface area contributed by atoms with Crippen LogP contribution < -0.4 is 11.1 Å². The second kappa shape index (κ2) is 16.3. The van der Waals surface area contributed by atoms with Crippen LogP contribution in [0.2, 0.25) is 5.02 Å². The highest BCUT2D eigenvalue weighted by Crippen LogP contribution is 2.47. The van der Waals surface area contributed by atoms with Crippen LogP contribution in [-0.2, 0) is 34.8 Å². The van der Waals surface area contributed by atoms with Gasteiger partial charge in [0.2, 0.25) is 0 Å². The molecular weight excluding hydrogens is 595 g/mol. The number of carboxylic acids is 3. The molecule has 8 N–H and O–H groups in total. The van der Waals surface area contributed by atoms with Crippen molar-refractivity contribution >= 4 is 35.5 Å². The molecule has 18 heteroatoms. The van der Waals surface area contributed by atoms with Gasteiger partial charge >= 0.3 is 30.1 Å². The van der Waals surface area contributed by atoms with E-state index in [9.17, 15) is 46.2 Å². The fourth-order valence-electron chi connectivity index (χ4n) is 3.46. The number of carboxylic acid groups (broad SMARTS) is 3. The number of nitrogens with one attached hydrogen (secondary N) is 1. The van der Waals surface area contributed by atoms with E-state index in [0.717, 1.165) is 7.11 Å². The molecule has 1 aromatic carbocycles. The van der Waals surface area contributed by atoms with E-state index in [4.69, 9.17) is 32.3 Å². The number of aliphatic carboxylic acids is 3. The Morgan fingerprint density at radius 3 is 2.05 bits per heavy atom. The first-order valence-corrected chi connectivity index (χ1v) is 11.1. The standard InChI is InChI=1S/C19H18ClF5N2O5.C4H4O4.H2O/c1-31-18(30)14-10(6-21)27-11(7-32-5-4-26)13(17(28)29)15(14)12-9(22)3-2-8(20)16(12)19(23,24)25;5-3(6)1-2-4(7)8;/h2-3,15,27H,4-7,26H2,1H3,(H,28,29);1-2H,(H,5,6)(H,7,8);1H2. The first-order valence-electron chi connectivity index (χ1n) is 10.7. The van der Waals surface area contributed by atoms with Gasteiger partial charge < -0.3 is 41.3 Å². The lowest BCUT2D eigenvalue weighted by atomic mass is 9.78. The van der Waals surface area contributed by atoms with Gasteiger partial charge in [0.05, 0.1) is 59.4 Å². The summed E-state index contributed by atoms with van der Waals surface area (Å²) in [6, 6.07) is 1.22. The Kier molecular flexibility index (Phi) is 14.7. The lowest BCUT2D eigenvalue weighted by Gasteiger charge is -2.32. The molecule has 0 spiro atoms.